The lowest BCUT2D eigenvalue weighted by atomic mass is 9.96. The number of hydrogen-bond acceptors (Lipinski definition) is 3. The van der Waals surface area contributed by atoms with Crippen molar-refractivity contribution in [2.45, 2.75) is 81.5 Å². The highest BCUT2D eigenvalue weighted by Crippen LogP contribution is 2.38. The molecule has 0 radical (unpaired) electrons. The number of alkyl halides is 3. The summed E-state index contributed by atoms with van der Waals surface area (Å²) in [6.45, 7) is 19.8. The number of pyridine rings is 1. The highest BCUT2D eigenvalue weighted by molar-refractivity contribution is 6.24. The fraction of sp³-hybridized carbons (Fsp3) is 0.182. The van der Waals surface area contributed by atoms with Crippen molar-refractivity contribution in [3.8, 4) is 45.4 Å². The molecule has 568 valence electrons. The zero-order chi connectivity index (χ0) is 80.2. The summed E-state index contributed by atoms with van der Waals surface area (Å²) < 4.78 is 53.0. The van der Waals surface area contributed by atoms with Crippen LogP contribution in [-0.2, 0) is 55.0 Å². The van der Waals surface area contributed by atoms with Crippen LogP contribution in [0.2, 0.25) is 0 Å². The van der Waals surface area contributed by atoms with Crippen molar-refractivity contribution >= 4 is 98.0 Å². The third-order valence-electron chi connectivity index (χ3n) is 21.6. The summed E-state index contributed by atoms with van der Waals surface area (Å²) >= 11 is 0. The van der Waals surface area contributed by atoms with Gasteiger partial charge in [-0.1, -0.05) is 188 Å². The van der Waals surface area contributed by atoms with E-state index in [-0.39, 0.29) is 0 Å². The van der Waals surface area contributed by atoms with Gasteiger partial charge in [-0.2, -0.15) is 22.3 Å². The molecule has 6 aromatic heterocycles. The SMILES string of the molecule is CCCn1c[n+](C)c(-c2ccccc2C)n1.Cc1c[n+](C)c2c(n1)c1ccccc1c1cccc(C)c12.Cc1cc(C(F)(F)F)ccc1-c1[nH]c2ccccc2[n+]1C.Cc1ccc(C)c(-c2[nH]c3ccccc3[n+]2C)c1.Cc1ccc2ccccc2c1-c1cccc[n+]1C.Cc1cccc2c3ccccc3c3ncc[n+](C)c3c12. The molecule has 13 aromatic carbocycles. The van der Waals surface area contributed by atoms with E-state index in [4.69, 9.17) is 4.98 Å². The summed E-state index contributed by atoms with van der Waals surface area (Å²) in [5.74, 6) is 2.99. The van der Waals surface area contributed by atoms with Crippen molar-refractivity contribution in [1.82, 2.24) is 29.7 Å². The summed E-state index contributed by atoms with van der Waals surface area (Å²) in [6, 6.07) is 84.3. The highest BCUT2D eigenvalue weighted by atomic mass is 19.4. The molecule has 0 aliphatic rings. The predicted octanol–water partition coefficient (Wildman–Crippen LogP) is 20.7. The van der Waals surface area contributed by atoms with Crippen LogP contribution in [0.5, 0.6) is 0 Å². The Kier molecular flexibility index (Phi) is 22.5. The maximum absolute atomic E-state index is 12.7. The zero-order valence-electron chi connectivity index (χ0n) is 67.6. The number of H-pyrrole nitrogens is 2. The number of halogens is 3. The molecule has 0 unspecified atom stereocenters. The van der Waals surface area contributed by atoms with Crippen LogP contribution in [0.3, 0.4) is 0 Å². The van der Waals surface area contributed by atoms with Gasteiger partial charge in [0.05, 0.1) is 65.9 Å². The normalized spacial score (nSPS) is 11.3. The molecule has 0 bridgehead atoms. The second-order valence-corrected chi connectivity index (χ2v) is 29.8. The van der Waals surface area contributed by atoms with Crippen LogP contribution in [0.15, 0.2) is 280 Å². The molecule has 2 N–H and O–H groups in total. The van der Waals surface area contributed by atoms with E-state index in [9.17, 15) is 13.2 Å². The lowest BCUT2D eigenvalue weighted by Crippen LogP contribution is -2.30. The molecule has 6 heterocycles. The van der Waals surface area contributed by atoms with E-state index < -0.39 is 11.7 Å². The van der Waals surface area contributed by atoms with Crippen LogP contribution < -0.4 is 27.4 Å². The zero-order valence-corrected chi connectivity index (χ0v) is 67.6. The summed E-state index contributed by atoms with van der Waals surface area (Å²) in [5, 5.41) is 17.4. The van der Waals surface area contributed by atoms with Crippen molar-refractivity contribution in [2.75, 3.05) is 0 Å². The summed E-state index contributed by atoms with van der Waals surface area (Å²) in [4.78, 5) is 16.2. The van der Waals surface area contributed by atoms with Crippen LogP contribution in [0.1, 0.15) is 63.5 Å². The number of aromatic nitrogens is 12. The van der Waals surface area contributed by atoms with Gasteiger partial charge in [-0.05, 0) is 188 Å². The predicted molar refractivity (Wildman–Crippen MR) is 458 cm³/mol. The number of nitrogens with zero attached hydrogens (tertiary/aromatic N) is 10. The first-order chi connectivity index (χ1) is 55.0. The van der Waals surface area contributed by atoms with E-state index in [1.807, 2.05) is 66.3 Å². The van der Waals surface area contributed by atoms with Crippen molar-refractivity contribution in [1.29, 1.82) is 0 Å². The van der Waals surface area contributed by atoms with E-state index in [0.717, 1.165) is 69.8 Å². The van der Waals surface area contributed by atoms with E-state index in [1.165, 1.54) is 144 Å². The minimum Gasteiger partial charge on any atom is -0.243 e. The Labute approximate surface area is 663 Å². The van der Waals surface area contributed by atoms with E-state index in [2.05, 4.69) is 345 Å². The maximum Gasteiger partial charge on any atom is 0.416 e. The van der Waals surface area contributed by atoms with Gasteiger partial charge in [-0.15, -0.1) is 4.68 Å². The highest BCUT2D eigenvalue weighted by Gasteiger charge is 2.32. The molecule has 12 nitrogen and oxygen atoms in total. The molecule has 0 saturated heterocycles. The molecule has 114 heavy (non-hydrogen) atoms. The largest absolute Gasteiger partial charge is 0.416 e. The average molecular weight is 1510 g/mol. The Morgan fingerprint density at radius 1 is 0.412 bits per heavy atom. The monoisotopic (exact) mass is 1510 g/mol. The summed E-state index contributed by atoms with van der Waals surface area (Å²) in [7, 11) is 12.3. The number of para-hydroxylation sites is 4. The molecule has 0 atom stereocenters. The third kappa shape index (κ3) is 15.7. The van der Waals surface area contributed by atoms with Crippen LogP contribution in [0, 0.1) is 55.4 Å². The van der Waals surface area contributed by atoms with Crippen LogP contribution >= 0.6 is 0 Å². The van der Waals surface area contributed by atoms with Crippen molar-refractivity contribution in [3.63, 3.8) is 0 Å². The molecule has 19 rings (SSSR count). The van der Waals surface area contributed by atoms with Crippen molar-refractivity contribution < 1.29 is 40.6 Å². The van der Waals surface area contributed by atoms with Gasteiger partial charge < -0.3 is 0 Å². The quantitative estimate of drug-likeness (QED) is 0.128. The third-order valence-corrected chi connectivity index (χ3v) is 21.6. The molecule has 0 spiro atoms. The number of imidazole rings is 2. The molecular weight excluding hydrogens is 1410 g/mol. The number of benzene rings is 13. The Bertz CT molecular complexity index is 6740. The fourth-order valence-electron chi connectivity index (χ4n) is 15.9. The molecule has 0 saturated carbocycles. The lowest BCUT2D eigenvalue weighted by Gasteiger charge is -2.10. The van der Waals surface area contributed by atoms with Gasteiger partial charge in [-0.25, -0.2) is 38.2 Å². The average Bonchev–Trinajstić information content (AvgIpc) is 1.01. The summed E-state index contributed by atoms with van der Waals surface area (Å²) in [5.41, 5.74) is 23.5. The number of hydrogen-bond donors (Lipinski definition) is 2. The van der Waals surface area contributed by atoms with E-state index in [1.54, 1.807) is 6.92 Å². The number of fused-ring (bicyclic) bond motifs is 15. The Morgan fingerprint density at radius 3 is 1.54 bits per heavy atom. The second-order valence-electron chi connectivity index (χ2n) is 29.8. The smallest absolute Gasteiger partial charge is 0.243 e. The molecule has 0 fully saturated rings. The second kappa shape index (κ2) is 33.0. The number of nitrogens with one attached hydrogen (secondary N) is 2. The first kappa shape index (κ1) is 77.6. The lowest BCUT2D eigenvalue weighted by molar-refractivity contribution is -0.661. The Morgan fingerprint density at radius 2 is 0.939 bits per heavy atom. The van der Waals surface area contributed by atoms with Crippen LogP contribution in [0.4, 0.5) is 13.2 Å². The van der Waals surface area contributed by atoms with Gasteiger partial charge in [0.2, 0.25) is 23.1 Å². The maximum atomic E-state index is 12.7. The topological polar surface area (TPSA) is 98.5 Å². The summed E-state index contributed by atoms with van der Waals surface area (Å²) in [6.07, 6.45) is 6.92. The standard InChI is InChI=1S/C19H17N2.C18H15N2.C17H16N.C16H13F3N2.C16H16N2.C13H18N3/c1-12-7-6-10-15-14-8-4-5-9-16(14)18-19(17(12)15)21(3)11-13(2)20-18;1-12-6-5-9-14-13-7-3-4-8-15(13)17-18(16(12)14)20(2)11-10-19-17;1-13-10-11-14-7-3-4-8-15(14)17(13)16-9-5-6-12-18(16)2;1-10-9-11(16(17,18)19)7-8-12(10)15-20-13-5-3-4-6-14(13)21(15)2;1-11-8-9-12(2)13(10-11)16-17-14-6-4-5-7-15(14)18(16)3;1-4-9-16-10-15(3)13(14-16)12-8-6-5-7-11(12)2/h4-11H,1-3H3;3-11H,1-2H3;3-12H,1-2H3;3-9H,1-2H3;4-10H,1-3H3;5-8,10H,4,9H2,1-3H3/q3*+1;;;+1/p+2. The molecule has 15 heteroatoms. The fourth-order valence-corrected chi connectivity index (χ4v) is 15.9. The van der Waals surface area contributed by atoms with Gasteiger partial charge in [0.15, 0.2) is 40.7 Å². The van der Waals surface area contributed by atoms with Crippen LogP contribution in [-0.4, -0.2) is 29.7 Å². The van der Waals surface area contributed by atoms with E-state index >= 15 is 0 Å². The Hall–Kier alpha value is -13.1. The number of aryl methyl sites for hydroxylation is 15. The molecule has 19 aromatic rings. The van der Waals surface area contributed by atoms with Crippen molar-refractivity contribution in [3.05, 3.63) is 330 Å². The van der Waals surface area contributed by atoms with Crippen molar-refractivity contribution in [2.24, 2.45) is 42.3 Å². The first-order valence-corrected chi connectivity index (χ1v) is 38.7. The minimum atomic E-state index is -4.31. The van der Waals surface area contributed by atoms with Gasteiger partial charge in [0.25, 0.3) is 11.6 Å². The molecular formula is C99H97F3N12+6. The van der Waals surface area contributed by atoms with Gasteiger partial charge >= 0.3 is 12.0 Å². The van der Waals surface area contributed by atoms with Gasteiger partial charge in [0, 0.05) is 28.0 Å². The van der Waals surface area contributed by atoms with Gasteiger partial charge in [0.1, 0.15) is 44.4 Å². The minimum absolute atomic E-state index is 0.590. The van der Waals surface area contributed by atoms with Gasteiger partial charge in [-0.3, -0.25) is 0 Å². The first-order valence-electron chi connectivity index (χ1n) is 38.7. The van der Waals surface area contributed by atoms with E-state index in [0.29, 0.717) is 5.56 Å². The molecule has 0 aliphatic heterocycles. The number of rotatable bonds is 6. The molecule has 0 aliphatic carbocycles. The molecule has 0 amide bonds. The number of aromatic amines is 2. The van der Waals surface area contributed by atoms with Crippen LogP contribution in [0.25, 0.3) is 143 Å². The Balaban J connectivity index is 0.000000113.